The summed E-state index contributed by atoms with van der Waals surface area (Å²) in [6.07, 6.45) is -1.55. The second kappa shape index (κ2) is 10.1. The lowest BCUT2D eigenvalue weighted by Gasteiger charge is -2.50. The summed E-state index contributed by atoms with van der Waals surface area (Å²) in [5, 5.41) is 0. The van der Waals surface area contributed by atoms with E-state index in [-0.39, 0.29) is 24.4 Å². The van der Waals surface area contributed by atoms with E-state index in [0.717, 1.165) is 0 Å². The maximum atomic E-state index is 6.72. The average molecular weight is 483 g/mol. The number of ether oxygens (including phenoxy) is 2. The first-order valence-electron chi connectivity index (χ1n) is 10.7. The van der Waals surface area contributed by atoms with Gasteiger partial charge in [-0.25, -0.2) is 0 Å². The number of hydrogen-bond acceptors (Lipinski definition) is 6. The van der Waals surface area contributed by atoms with Crippen molar-refractivity contribution in [3.63, 3.8) is 0 Å². The molecular formula is C19H46O6Si4. The summed E-state index contributed by atoms with van der Waals surface area (Å²) in [6.45, 7) is 26.8. The predicted molar refractivity (Wildman–Crippen MR) is 130 cm³/mol. The third-order valence-corrected chi connectivity index (χ3v) is 7.94. The van der Waals surface area contributed by atoms with Gasteiger partial charge < -0.3 is 27.2 Å². The molecule has 1 fully saturated rings. The largest absolute Gasteiger partial charge is 0.415 e. The molecule has 0 amide bonds. The lowest BCUT2D eigenvalue weighted by Crippen LogP contribution is -2.66. The summed E-state index contributed by atoms with van der Waals surface area (Å²) in [5.41, 5.74) is 0. The standard InChI is InChI=1S/C19H46O6Si4/c1-20-19-18(25-29(11,12)13)17(24-28(8,9)10)16(23-27(5,6)7)15(22-19)14-21-26(2,3)4/h15-19H,14H2,1-13H3/t15?,16-,17?,18?,19+/m1/s1. The van der Waals surface area contributed by atoms with Crippen LogP contribution in [0, 0.1) is 0 Å². The Kier molecular flexibility index (Phi) is 9.59. The number of rotatable bonds is 10. The van der Waals surface area contributed by atoms with Crippen molar-refractivity contribution in [3.05, 3.63) is 0 Å². The van der Waals surface area contributed by atoms with Gasteiger partial charge in [0.1, 0.15) is 24.4 Å². The van der Waals surface area contributed by atoms with Crippen molar-refractivity contribution in [2.24, 2.45) is 0 Å². The van der Waals surface area contributed by atoms with Crippen molar-refractivity contribution in [1.29, 1.82) is 0 Å². The minimum atomic E-state index is -1.88. The van der Waals surface area contributed by atoms with Crippen molar-refractivity contribution >= 4 is 33.3 Å². The molecule has 1 saturated heterocycles. The molecule has 0 aromatic rings. The second-order valence-electron chi connectivity index (χ2n) is 11.8. The smallest absolute Gasteiger partial charge is 0.185 e. The van der Waals surface area contributed by atoms with Crippen LogP contribution in [0.5, 0.6) is 0 Å². The first-order valence-corrected chi connectivity index (χ1v) is 24.3. The third-order valence-electron chi connectivity index (χ3n) is 3.97. The molecule has 29 heavy (non-hydrogen) atoms. The van der Waals surface area contributed by atoms with Crippen molar-refractivity contribution in [3.8, 4) is 0 Å². The lowest BCUT2D eigenvalue weighted by atomic mass is 9.99. The number of hydrogen-bond donors (Lipinski definition) is 0. The van der Waals surface area contributed by atoms with Crippen LogP contribution < -0.4 is 0 Å². The van der Waals surface area contributed by atoms with E-state index >= 15 is 0 Å². The molecule has 0 radical (unpaired) electrons. The summed E-state index contributed by atoms with van der Waals surface area (Å²) in [5.74, 6) is 0. The molecule has 0 spiro atoms. The van der Waals surface area contributed by atoms with E-state index in [1.807, 2.05) is 0 Å². The predicted octanol–water partition coefficient (Wildman–Crippen LogP) is 4.87. The zero-order valence-corrected chi connectivity index (χ0v) is 25.0. The van der Waals surface area contributed by atoms with Gasteiger partial charge >= 0.3 is 0 Å². The maximum absolute atomic E-state index is 6.72. The van der Waals surface area contributed by atoms with Crippen LogP contribution in [0.1, 0.15) is 0 Å². The highest BCUT2D eigenvalue weighted by Crippen LogP contribution is 2.34. The van der Waals surface area contributed by atoms with Gasteiger partial charge in [-0.15, -0.1) is 0 Å². The lowest BCUT2D eigenvalue weighted by molar-refractivity contribution is -0.283. The molecule has 1 rings (SSSR count). The minimum absolute atomic E-state index is 0.238. The first kappa shape index (κ1) is 27.7. The second-order valence-corrected chi connectivity index (χ2v) is 29.7. The van der Waals surface area contributed by atoms with Crippen LogP contribution >= 0.6 is 0 Å². The fraction of sp³-hybridized carbons (Fsp3) is 1.00. The molecule has 0 aliphatic carbocycles. The average Bonchev–Trinajstić information content (AvgIpc) is 2.44. The molecule has 0 aromatic carbocycles. The van der Waals surface area contributed by atoms with Crippen LogP contribution in [0.3, 0.4) is 0 Å². The molecule has 0 aromatic heterocycles. The molecule has 0 bridgehead atoms. The highest BCUT2D eigenvalue weighted by molar-refractivity contribution is 6.71. The molecule has 1 aliphatic rings. The van der Waals surface area contributed by atoms with Gasteiger partial charge in [0.15, 0.2) is 39.6 Å². The minimum Gasteiger partial charge on any atom is -0.415 e. The Balaban J connectivity index is 3.34. The van der Waals surface area contributed by atoms with Gasteiger partial charge in [-0.1, -0.05) is 0 Å². The van der Waals surface area contributed by atoms with Crippen LogP contribution in [0.4, 0.5) is 0 Å². The van der Waals surface area contributed by atoms with Gasteiger partial charge in [0.05, 0.1) is 6.61 Å². The first-order chi connectivity index (χ1) is 12.8. The van der Waals surface area contributed by atoms with Gasteiger partial charge in [-0.2, -0.15) is 0 Å². The highest BCUT2D eigenvalue weighted by atomic mass is 28.4. The summed E-state index contributed by atoms with van der Waals surface area (Å²) in [6, 6.07) is 0. The molecule has 0 N–H and O–H groups in total. The van der Waals surface area contributed by atoms with Gasteiger partial charge in [0, 0.05) is 7.11 Å². The van der Waals surface area contributed by atoms with Gasteiger partial charge in [-0.3, -0.25) is 0 Å². The Bertz CT molecular complexity index is 507. The Labute approximate surface area is 183 Å². The molecule has 1 aliphatic heterocycles. The fourth-order valence-corrected chi connectivity index (χ4v) is 7.07. The molecule has 10 heteroatoms. The maximum Gasteiger partial charge on any atom is 0.185 e. The summed E-state index contributed by atoms with van der Waals surface area (Å²) < 4.78 is 38.4. The Morgan fingerprint density at radius 1 is 0.586 bits per heavy atom. The number of methoxy groups -OCH3 is 1. The topological polar surface area (TPSA) is 55.4 Å². The summed E-state index contributed by atoms with van der Waals surface area (Å²) in [4.78, 5) is 0. The molecular weight excluding hydrogens is 437 g/mol. The Morgan fingerprint density at radius 2 is 1.00 bits per heavy atom. The van der Waals surface area contributed by atoms with Crippen molar-refractivity contribution in [2.75, 3.05) is 13.7 Å². The van der Waals surface area contributed by atoms with Crippen LogP contribution in [0.15, 0.2) is 0 Å². The van der Waals surface area contributed by atoms with Crippen molar-refractivity contribution < 1.29 is 27.2 Å². The van der Waals surface area contributed by atoms with Crippen LogP contribution in [0.2, 0.25) is 78.6 Å². The van der Waals surface area contributed by atoms with Crippen LogP contribution in [0.25, 0.3) is 0 Å². The van der Waals surface area contributed by atoms with Crippen molar-refractivity contribution in [2.45, 2.75) is 109 Å². The third kappa shape index (κ3) is 10.7. The molecule has 5 atom stereocenters. The molecule has 6 nitrogen and oxygen atoms in total. The van der Waals surface area contributed by atoms with E-state index in [1.54, 1.807) is 7.11 Å². The highest BCUT2D eigenvalue weighted by Gasteiger charge is 2.51. The summed E-state index contributed by atoms with van der Waals surface area (Å²) >= 11 is 0. The van der Waals surface area contributed by atoms with E-state index in [2.05, 4.69) is 78.6 Å². The van der Waals surface area contributed by atoms with E-state index in [0.29, 0.717) is 6.61 Å². The van der Waals surface area contributed by atoms with Crippen LogP contribution in [-0.4, -0.2) is 77.7 Å². The van der Waals surface area contributed by atoms with Gasteiger partial charge in [-0.05, 0) is 78.6 Å². The SMILES string of the molecule is CO[C@H]1OC(CO[Si](C)(C)C)[C@@H](O[Si](C)(C)C)C(O[Si](C)(C)C)C1O[Si](C)(C)C. The molecule has 174 valence electrons. The molecule has 1 heterocycles. The Hall–Kier alpha value is 0.628. The normalized spacial score (nSPS) is 29.9. The Morgan fingerprint density at radius 3 is 1.38 bits per heavy atom. The zero-order chi connectivity index (χ0) is 22.8. The summed E-state index contributed by atoms with van der Waals surface area (Å²) in [7, 11) is -5.66. The van der Waals surface area contributed by atoms with E-state index in [9.17, 15) is 0 Å². The molecule has 3 unspecified atom stereocenters. The van der Waals surface area contributed by atoms with Crippen molar-refractivity contribution in [1.82, 2.24) is 0 Å². The van der Waals surface area contributed by atoms with E-state index in [4.69, 9.17) is 27.2 Å². The fourth-order valence-electron chi connectivity index (χ4n) is 3.16. The van der Waals surface area contributed by atoms with Crippen LogP contribution in [-0.2, 0) is 27.2 Å². The van der Waals surface area contributed by atoms with E-state index < -0.39 is 39.6 Å². The van der Waals surface area contributed by atoms with Gasteiger partial charge in [0.2, 0.25) is 0 Å². The zero-order valence-electron chi connectivity index (χ0n) is 21.0. The quantitative estimate of drug-likeness (QED) is 0.414. The molecule has 0 saturated carbocycles. The monoisotopic (exact) mass is 482 g/mol. The van der Waals surface area contributed by atoms with E-state index in [1.165, 1.54) is 0 Å². The van der Waals surface area contributed by atoms with Gasteiger partial charge in [0.25, 0.3) is 0 Å².